The lowest BCUT2D eigenvalue weighted by molar-refractivity contribution is -0.510. The molecule has 2 aromatic carbocycles. The average molecular weight is 617 g/mol. The van der Waals surface area contributed by atoms with Gasteiger partial charge in [-0.15, -0.1) is 0 Å². The first-order valence-corrected chi connectivity index (χ1v) is 14.6. The zero-order chi connectivity index (χ0) is 33.5. The number of hydrogen-bond donors (Lipinski definition) is 1. The van der Waals surface area contributed by atoms with Gasteiger partial charge in [0.25, 0.3) is 0 Å². The van der Waals surface area contributed by atoms with E-state index >= 15 is 0 Å². The molecule has 44 heavy (non-hydrogen) atoms. The predicted octanol–water partition coefficient (Wildman–Crippen LogP) is 5.40. The second kappa shape index (κ2) is 14.7. The normalized spacial score (nSPS) is 13.8. The number of hydrogen-bond acceptors (Lipinski definition) is 10. The van der Waals surface area contributed by atoms with Crippen LogP contribution in [0.25, 0.3) is 0 Å². The first-order chi connectivity index (χ1) is 20.4. The summed E-state index contributed by atoms with van der Waals surface area (Å²) in [6.07, 6.45) is -0.0336. The van der Waals surface area contributed by atoms with Gasteiger partial charge in [-0.25, -0.2) is 4.79 Å². The molecule has 2 aromatic rings. The van der Waals surface area contributed by atoms with Gasteiger partial charge >= 0.3 is 18.0 Å². The molecular weight excluding hydrogens is 568 g/mol. The molecule has 0 aromatic heterocycles. The van der Waals surface area contributed by atoms with E-state index < -0.39 is 39.3 Å². The molecule has 0 aliphatic heterocycles. The van der Waals surface area contributed by atoms with Crippen molar-refractivity contribution in [2.45, 2.75) is 90.6 Å². The Morgan fingerprint density at radius 1 is 0.886 bits per heavy atom. The van der Waals surface area contributed by atoms with Crippen LogP contribution in [0, 0.1) is 10.1 Å². The second-order valence-electron chi connectivity index (χ2n) is 12.9. The SMILES string of the molecule is CCOC(=O)[C@](C)(Cc1ccc(OC)c(OC)c1)NCC[C@@H](C(=O)Oc1c(C(C)(C)C)cc(OC)cc1C(C)(C)C)[N+](=O)[O-]. The van der Waals surface area contributed by atoms with Crippen molar-refractivity contribution in [3.05, 3.63) is 57.1 Å². The molecule has 1 N–H and O–H groups in total. The molecule has 11 nitrogen and oxygen atoms in total. The Bertz CT molecular complexity index is 1290. The maximum absolute atomic E-state index is 13.4. The Balaban J connectivity index is 2.36. The lowest BCUT2D eigenvalue weighted by atomic mass is 9.79. The maximum Gasteiger partial charge on any atom is 0.387 e. The fourth-order valence-electron chi connectivity index (χ4n) is 4.80. The summed E-state index contributed by atoms with van der Waals surface area (Å²) in [4.78, 5) is 38.0. The number of nitro groups is 1. The quantitative estimate of drug-likeness (QED) is 0.127. The lowest BCUT2D eigenvalue weighted by Gasteiger charge is -2.30. The zero-order valence-electron chi connectivity index (χ0n) is 27.9. The number of carbonyl (C=O) groups excluding carboxylic acids is 2. The number of ether oxygens (including phenoxy) is 5. The summed E-state index contributed by atoms with van der Waals surface area (Å²) >= 11 is 0. The molecule has 2 rings (SSSR count). The third-order valence-corrected chi connectivity index (χ3v) is 7.31. The number of nitrogens with zero attached hydrogens (tertiary/aromatic N) is 1. The highest BCUT2D eigenvalue weighted by atomic mass is 16.6. The van der Waals surface area contributed by atoms with Crippen LogP contribution in [0.5, 0.6) is 23.0 Å². The molecule has 0 fully saturated rings. The first-order valence-electron chi connectivity index (χ1n) is 14.6. The van der Waals surface area contributed by atoms with E-state index in [9.17, 15) is 19.7 Å². The minimum Gasteiger partial charge on any atom is -0.497 e. The third-order valence-electron chi connectivity index (χ3n) is 7.31. The van der Waals surface area contributed by atoms with E-state index in [1.54, 1.807) is 51.3 Å². The highest BCUT2D eigenvalue weighted by Crippen LogP contribution is 2.43. The second-order valence-corrected chi connectivity index (χ2v) is 12.9. The van der Waals surface area contributed by atoms with Gasteiger partial charge in [0, 0.05) is 35.4 Å². The van der Waals surface area contributed by atoms with E-state index in [1.165, 1.54) is 14.2 Å². The van der Waals surface area contributed by atoms with E-state index in [0.29, 0.717) is 34.1 Å². The minimum absolute atomic E-state index is 0.0375. The monoisotopic (exact) mass is 616 g/mol. The molecule has 0 bridgehead atoms. The largest absolute Gasteiger partial charge is 0.497 e. The van der Waals surface area contributed by atoms with Crippen LogP contribution >= 0.6 is 0 Å². The molecule has 0 saturated heterocycles. The molecule has 2 atom stereocenters. The molecule has 0 radical (unpaired) electrons. The van der Waals surface area contributed by atoms with Crippen molar-refractivity contribution in [2.75, 3.05) is 34.5 Å². The van der Waals surface area contributed by atoms with E-state index in [4.69, 9.17) is 23.7 Å². The maximum atomic E-state index is 13.4. The zero-order valence-corrected chi connectivity index (χ0v) is 27.9. The summed E-state index contributed by atoms with van der Waals surface area (Å²) in [6, 6.07) is 7.18. The molecule has 0 heterocycles. The van der Waals surface area contributed by atoms with Gasteiger partial charge in [-0.2, -0.15) is 0 Å². The van der Waals surface area contributed by atoms with Crippen LogP contribution in [-0.4, -0.2) is 62.9 Å². The Morgan fingerprint density at radius 2 is 1.45 bits per heavy atom. The number of nitrogens with one attached hydrogen (secondary N) is 1. The van der Waals surface area contributed by atoms with Crippen LogP contribution in [0.2, 0.25) is 0 Å². The number of carbonyl (C=O) groups is 2. The van der Waals surface area contributed by atoms with Crippen molar-refractivity contribution in [1.82, 2.24) is 5.32 Å². The fraction of sp³-hybridized carbons (Fsp3) is 0.576. The molecule has 0 aliphatic rings. The van der Waals surface area contributed by atoms with Crippen molar-refractivity contribution >= 4 is 11.9 Å². The van der Waals surface area contributed by atoms with Crippen molar-refractivity contribution in [1.29, 1.82) is 0 Å². The van der Waals surface area contributed by atoms with Crippen LogP contribution in [0.1, 0.15) is 78.5 Å². The molecule has 0 amide bonds. The molecule has 0 unspecified atom stereocenters. The van der Waals surface area contributed by atoms with Gasteiger partial charge in [-0.3, -0.25) is 14.9 Å². The molecule has 11 heteroatoms. The van der Waals surface area contributed by atoms with Gasteiger partial charge in [-0.05, 0) is 54.5 Å². The topological polar surface area (TPSA) is 135 Å². The van der Waals surface area contributed by atoms with Crippen LogP contribution in [-0.2, 0) is 31.6 Å². The summed E-state index contributed by atoms with van der Waals surface area (Å²) in [5, 5.41) is 15.3. The van der Waals surface area contributed by atoms with E-state index in [-0.39, 0.29) is 26.0 Å². The molecular formula is C33H48N2O9. The van der Waals surface area contributed by atoms with Crippen molar-refractivity contribution < 1.29 is 38.2 Å². The van der Waals surface area contributed by atoms with E-state index in [2.05, 4.69) is 5.32 Å². The smallest absolute Gasteiger partial charge is 0.387 e. The third kappa shape index (κ3) is 9.07. The van der Waals surface area contributed by atoms with Gasteiger partial charge in [0.05, 0.1) is 27.9 Å². The minimum atomic E-state index is -1.68. The Labute approximate surface area is 260 Å². The average Bonchev–Trinajstić information content (AvgIpc) is 2.93. The van der Waals surface area contributed by atoms with E-state index in [0.717, 1.165) is 5.56 Å². The van der Waals surface area contributed by atoms with Crippen LogP contribution in [0.3, 0.4) is 0 Å². The Morgan fingerprint density at radius 3 is 1.91 bits per heavy atom. The predicted molar refractivity (Wildman–Crippen MR) is 168 cm³/mol. The van der Waals surface area contributed by atoms with Crippen LogP contribution in [0.15, 0.2) is 30.3 Å². The summed E-state index contributed by atoms with van der Waals surface area (Å²) in [6.45, 7) is 15.3. The van der Waals surface area contributed by atoms with Crippen molar-refractivity contribution in [2.24, 2.45) is 0 Å². The summed E-state index contributed by atoms with van der Waals surface area (Å²) in [5.41, 5.74) is -0.0293. The molecule has 0 aliphatic carbocycles. The van der Waals surface area contributed by atoms with Gasteiger partial charge in [-0.1, -0.05) is 47.6 Å². The molecule has 0 saturated carbocycles. The summed E-state index contributed by atoms with van der Waals surface area (Å²) < 4.78 is 27.4. The fourth-order valence-corrected chi connectivity index (χ4v) is 4.80. The van der Waals surface area contributed by atoms with Crippen molar-refractivity contribution in [3.63, 3.8) is 0 Å². The van der Waals surface area contributed by atoms with E-state index in [1.807, 2.05) is 41.5 Å². The summed E-state index contributed by atoms with van der Waals surface area (Å²) in [5.74, 6) is 0.405. The van der Waals surface area contributed by atoms with Gasteiger partial charge < -0.3 is 29.0 Å². The van der Waals surface area contributed by atoms with Crippen LogP contribution < -0.4 is 24.3 Å². The van der Waals surface area contributed by atoms with Crippen molar-refractivity contribution in [3.8, 4) is 23.0 Å². The number of benzene rings is 2. The lowest BCUT2D eigenvalue weighted by Crippen LogP contribution is -2.53. The number of rotatable bonds is 14. The summed E-state index contributed by atoms with van der Waals surface area (Å²) in [7, 11) is 4.61. The molecule has 244 valence electrons. The van der Waals surface area contributed by atoms with Gasteiger partial charge in [0.2, 0.25) is 0 Å². The van der Waals surface area contributed by atoms with Gasteiger partial charge in [0.15, 0.2) is 11.5 Å². The Hall–Kier alpha value is -3.86. The highest BCUT2D eigenvalue weighted by Gasteiger charge is 2.39. The van der Waals surface area contributed by atoms with Crippen LogP contribution in [0.4, 0.5) is 0 Å². The Kier molecular flexibility index (Phi) is 12.2. The molecule has 0 spiro atoms. The van der Waals surface area contributed by atoms with Gasteiger partial charge in [0.1, 0.15) is 17.0 Å². The number of methoxy groups -OCH3 is 3. The number of esters is 2. The first kappa shape index (κ1) is 36.3. The highest BCUT2D eigenvalue weighted by molar-refractivity contribution is 5.81. The standard InChI is InChI=1S/C33H48N2O9/c1-12-43-30(37)33(8,20-21-13-14-26(41-10)27(17-21)42-11)34-16-15-25(35(38)39)29(36)44-28-23(31(2,3)4)18-22(40-9)19-24(28)32(5,6)7/h13-14,17-19,25,34H,12,15-16,20H2,1-11H3/t25-,33-/m0/s1.